The molecule has 0 heterocycles. The van der Waals surface area contributed by atoms with Crippen molar-refractivity contribution in [2.75, 3.05) is 20.2 Å². The van der Waals surface area contributed by atoms with Gasteiger partial charge in [-0.1, -0.05) is 0 Å². The molecule has 1 unspecified atom stereocenters. The summed E-state index contributed by atoms with van der Waals surface area (Å²) in [6.07, 6.45) is -10.9. The zero-order valence-electron chi connectivity index (χ0n) is 10.8. The van der Waals surface area contributed by atoms with Crippen molar-refractivity contribution in [2.24, 2.45) is 0 Å². The van der Waals surface area contributed by atoms with Crippen LogP contribution >= 0.6 is 0 Å². The van der Waals surface area contributed by atoms with E-state index >= 15 is 0 Å². The lowest BCUT2D eigenvalue weighted by Crippen LogP contribution is -2.29. The Kier molecular flexibility index (Phi) is 5.46. The molecule has 0 aliphatic carbocycles. The molecule has 0 aromatic heterocycles. The molecule has 2 N–H and O–H groups in total. The van der Waals surface area contributed by atoms with Gasteiger partial charge >= 0.3 is 12.4 Å². The fraction of sp³-hybridized carbons (Fsp3) is 0.500. The molecular formula is C12H13F6NO2. The molecule has 0 radical (unpaired) electrons. The lowest BCUT2D eigenvalue weighted by molar-refractivity contribution is -0.143. The molecule has 0 aliphatic rings. The number of alkyl halides is 6. The van der Waals surface area contributed by atoms with Crippen molar-refractivity contribution in [1.29, 1.82) is 0 Å². The largest absolute Gasteiger partial charge is 0.491 e. The molecule has 0 bridgehead atoms. The van der Waals surface area contributed by atoms with Crippen LogP contribution in [-0.2, 0) is 12.4 Å². The number of benzene rings is 1. The first-order valence-corrected chi connectivity index (χ1v) is 5.79. The highest BCUT2D eigenvalue weighted by molar-refractivity contribution is 5.37. The summed E-state index contributed by atoms with van der Waals surface area (Å²) >= 11 is 0. The Balaban J connectivity index is 3.03. The zero-order valence-corrected chi connectivity index (χ0v) is 10.8. The Bertz CT molecular complexity index is 440. The lowest BCUT2D eigenvalue weighted by Gasteiger charge is -2.16. The SMILES string of the molecule is CNCC(O)COc1cc(C(F)(F)F)cc(C(F)(F)F)c1. The van der Waals surface area contributed by atoms with Gasteiger partial charge < -0.3 is 15.2 Å². The molecule has 0 saturated heterocycles. The smallest absolute Gasteiger partial charge is 0.416 e. The lowest BCUT2D eigenvalue weighted by atomic mass is 10.1. The minimum atomic E-state index is -4.93. The third-order valence-corrected chi connectivity index (χ3v) is 2.44. The van der Waals surface area contributed by atoms with Gasteiger partial charge in [-0.05, 0) is 25.2 Å². The van der Waals surface area contributed by atoms with E-state index in [0.29, 0.717) is 12.1 Å². The molecular weight excluding hydrogens is 304 g/mol. The number of hydrogen-bond donors (Lipinski definition) is 2. The predicted molar refractivity (Wildman–Crippen MR) is 61.9 cm³/mol. The molecule has 1 rings (SSSR count). The zero-order chi connectivity index (χ0) is 16.3. The van der Waals surface area contributed by atoms with Crippen LogP contribution < -0.4 is 10.1 Å². The van der Waals surface area contributed by atoms with Crippen LogP contribution in [0.2, 0.25) is 0 Å². The summed E-state index contributed by atoms with van der Waals surface area (Å²) in [6.45, 7) is -0.343. The Labute approximate surface area is 116 Å². The van der Waals surface area contributed by atoms with E-state index in [-0.39, 0.29) is 12.6 Å². The third-order valence-electron chi connectivity index (χ3n) is 2.44. The highest BCUT2D eigenvalue weighted by Gasteiger charge is 2.37. The summed E-state index contributed by atoms with van der Waals surface area (Å²) in [5.74, 6) is -0.604. The molecule has 0 amide bonds. The van der Waals surface area contributed by atoms with Crippen LogP contribution in [0.5, 0.6) is 5.75 Å². The number of ether oxygens (including phenoxy) is 1. The molecule has 0 spiro atoms. The van der Waals surface area contributed by atoms with Gasteiger partial charge in [-0.25, -0.2) is 0 Å². The standard InChI is InChI=1S/C12H13F6NO2/c1-19-5-9(20)6-21-10-3-7(11(13,14)15)2-8(4-10)12(16,17)18/h2-4,9,19-20H,5-6H2,1H3. The van der Waals surface area contributed by atoms with Gasteiger partial charge in [0.2, 0.25) is 0 Å². The van der Waals surface area contributed by atoms with Crippen molar-refractivity contribution in [3.8, 4) is 5.75 Å². The summed E-state index contributed by atoms with van der Waals surface area (Å²) < 4.78 is 80.2. The number of aliphatic hydroxyl groups excluding tert-OH is 1. The van der Waals surface area contributed by atoms with E-state index in [0.717, 1.165) is 0 Å². The second kappa shape index (κ2) is 6.52. The van der Waals surface area contributed by atoms with Crippen molar-refractivity contribution in [3.63, 3.8) is 0 Å². The third kappa shape index (κ3) is 5.43. The average Bonchev–Trinajstić information content (AvgIpc) is 2.34. The molecule has 120 valence electrons. The van der Waals surface area contributed by atoms with E-state index in [2.05, 4.69) is 5.32 Å². The molecule has 3 nitrogen and oxygen atoms in total. The number of nitrogens with one attached hydrogen (secondary N) is 1. The van der Waals surface area contributed by atoms with E-state index in [4.69, 9.17) is 4.74 Å². The van der Waals surface area contributed by atoms with Crippen molar-refractivity contribution in [3.05, 3.63) is 29.3 Å². The normalized spacial score (nSPS) is 14.1. The number of likely N-dealkylation sites (N-methyl/N-ethyl adjacent to an activating group) is 1. The van der Waals surface area contributed by atoms with E-state index in [1.807, 2.05) is 0 Å². The summed E-state index contributed by atoms with van der Waals surface area (Å²) in [5, 5.41) is 11.9. The van der Waals surface area contributed by atoms with E-state index in [1.165, 1.54) is 7.05 Å². The minimum Gasteiger partial charge on any atom is -0.491 e. The molecule has 0 fully saturated rings. The van der Waals surface area contributed by atoms with Gasteiger partial charge in [-0.3, -0.25) is 0 Å². The van der Waals surface area contributed by atoms with Gasteiger partial charge in [0.15, 0.2) is 0 Å². The maximum Gasteiger partial charge on any atom is 0.416 e. The second-order valence-electron chi connectivity index (χ2n) is 4.26. The molecule has 9 heteroatoms. The van der Waals surface area contributed by atoms with Gasteiger partial charge in [0, 0.05) is 6.54 Å². The Hall–Kier alpha value is -1.48. The Morgan fingerprint density at radius 3 is 1.90 bits per heavy atom. The monoisotopic (exact) mass is 317 g/mol. The number of rotatable bonds is 5. The highest BCUT2D eigenvalue weighted by Crippen LogP contribution is 2.38. The topological polar surface area (TPSA) is 41.5 Å². The van der Waals surface area contributed by atoms with E-state index < -0.39 is 41.9 Å². The fourth-order valence-corrected chi connectivity index (χ4v) is 1.50. The predicted octanol–water partition coefficient (Wildman–Crippen LogP) is 2.68. The quantitative estimate of drug-likeness (QED) is 0.821. The van der Waals surface area contributed by atoms with Crippen molar-refractivity contribution < 1.29 is 36.2 Å². The molecule has 0 aliphatic heterocycles. The average molecular weight is 317 g/mol. The number of halogens is 6. The molecule has 1 aromatic carbocycles. The van der Waals surface area contributed by atoms with Crippen LogP contribution in [0.4, 0.5) is 26.3 Å². The minimum absolute atomic E-state index is 0.0108. The van der Waals surface area contributed by atoms with Gasteiger partial charge in [0.1, 0.15) is 18.5 Å². The highest BCUT2D eigenvalue weighted by atomic mass is 19.4. The van der Waals surface area contributed by atoms with Crippen LogP contribution in [0.3, 0.4) is 0 Å². The number of aliphatic hydroxyl groups is 1. The van der Waals surface area contributed by atoms with Crippen molar-refractivity contribution in [2.45, 2.75) is 18.5 Å². The summed E-state index contributed by atoms with van der Waals surface area (Å²) in [6, 6.07) is 0.930. The van der Waals surface area contributed by atoms with Crippen molar-refractivity contribution in [1.82, 2.24) is 5.32 Å². The molecule has 0 saturated carbocycles. The summed E-state index contributed by atoms with van der Waals surface area (Å²) in [4.78, 5) is 0. The van der Waals surface area contributed by atoms with Gasteiger partial charge in [0.25, 0.3) is 0 Å². The summed E-state index contributed by atoms with van der Waals surface area (Å²) in [7, 11) is 1.52. The van der Waals surface area contributed by atoms with Crippen LogP contribution in [0.25, 0.3) is 0 Å². The molecule has 1 aromatic rings. The Morgan fingerprint density at radius 2 is 1.52 bits per heavy atom. The first-order valence-electron chi connectivity index (χ1n) is 5.79. The first kappa shape index (κ1) is 17.6. The van der Waals surface area contributed by atoms with Crippen LogP contribution in [0.1, 0.15) is 11.1 Å². The Morgan fingerprint density at radius 1 is 1.05 bits per heavy atom. The van der Waals surface area contributed by atoms with Crippen LogP contribution in [0.15, 0.2) is 18.2 Å². The molecule has 21 heavy (non-hydrogen) atoms. The van der Waals surface area contributed by atoms with Crippen molar-refractivity contribution >= 4 is 0 Å². The van der Waals surface area contributed by atoms with Gasteiger partial charge in [0.05, 0.1) is 11.1 Å². The first-order chi connectivity index (χ1) is 9.54. The second-order valence-corrected chi connectivity index (χ2v) is 4.26. The van der Waals surface area contributed by atoms with E-state index in [9.17, 15) is 31.4 Å². The van der Waals surface area contributed by atoms with Crippen LogP contribution in [-0.4, -0.2) is 31.4 Å². The van der Waals surface area contributed by atoms with E-state index in [1.54, 1.807) is 0 Å². The maximum atomic E-state index is 12.6. The van der Waals surface area contributed by atoms with Crippen LogP contribution in [0, 0.1) is 0 Å². The summed E-state index contributed by atoms with van der Waals surface area (Å²) in [5.41, 5.74) is -2.93. The number of hydrogen-bond acceptors (Lipinski definition) is 3. The fourth-order valence-electron chi connectivity index (χ4n) is 1.50. The van der Waals surface area contributed by atoms with Gasteiger partial charge in [-0.2, -0.15) is 26.3 Å². The van der Waals surface area contributed by atoms with Gasteiger partial charge in [-0.15, -0.1) is 0 Å². The molecule has 1 atom stereocenters. The maximum absolute atomic E-state index is 12.6.